The lowest BCUT2D eigenvalue weighted by molar-refractivity contribution is 0.145. The van der Waals surface area contributed by atoms with Crippen LogP contribution in [0.25, 0.3) is 0 Å². The fourth-order valence-electron chi connectivity index (χ4n) is 1.11. The summed E-state index contributed by atoms with van der Waals surface area (Å²) in [6.45, 7) is 1.83. The molecule has 1 aromatic rings. The molecule has 0 atom stereocenters. The molecule has 0 amide bonds. The van der Waals surface area contributed by atoms with Crippen LogP contribution in [0, 0.1) is 6.92 Å². The van der Waals surface area contributed by atoms with E-state index < -0.39 is 6.43 Å². The van der Waals surface area contributed by atoms with Crippen LogP contribution in [-0.4, -0.2) is 4.98 Å². The van der Waals surface area contributed by atoms with Gasteiger partial charge < -0.3 is 5.73 Å². The zero-order valence-electron chi connectivity index (χ0n) is 7.02. The van der Waals surface area contributed by atoms with Crippen LogP contribution in [0.1, 0.15) is 23.2 Å². The first-order valence-corrected chi connectivity index (χ1v) is 4.49. The summed E-state index contributed by atoms with van der Waals surface area (Å²) in [6, 6.07) is 0. The Kier molecular flexibility index (Phi) is 3.33. The van der Waals surface area contributed by atoms with Crippen molar-refractivity contribution in [1.29, 1.82) is 0 Å². The Balaban J connectivity index is 3.27. The lowest BCUT2D eigenvalue weighted by Crippen LogP contribution is -2.05. The summed E-state index contributed by atoms with van der Waals surface area (Å²) in [5.41, 5.74) is 6.38. The molecule has 0 fully saturated rings. The fourth-order valence-corrected chi connectivity index (χ4v) is 1.67. The average molecular weight is 251 g/mol. The van der Waals surface area contributed by atoms with Crippen molar-refractivity contribution in [2.75, 3.05) is 0 Å². The average Bonchev–Trinajstić information content (AvgIpc) is 2.04. The first kappa shape index (κ1) is 10.5. The molecule has 1 rings (SSSR count). The Morgan fingerprint density at radius 3 is 2.69 bits per heavy atom. The molecule has 13 heavy (non-hydrogen) atoms. The molecule has 72 valence electrons. The molecule has 0 saturated heterocycles. The van der Waals surface area contributed by atoms with Gasteiger partial charge >= 0.3 is 0 Å². The molecule has 0 saturated carbocycles. The first-order valence-electron chi connectivity index (χ1n) is 3.70. The van der Waals surface area contributed by atoms with Crippen LogP contribution in [0.3, 0.4) is 0 Å². The van der Waals surface area contributed by atoms with Gasteiger partial charge in [-0.05, 0) is 34.0 Å². The SMILES string of the molecule is Cc1c(C(F)F)ncc(Br)c1CN. The van der Waals surface area contributed by atoms with Gasteiger partial charge in [-0.25, -0.2) is 8.78 Å². The first-order chi connectivity index (χ1) is 6.07. The number of hydrogen-bond acceptors (Lipinski definition) is 2. The summed E-state index contributed by atoms with van der Waals surface area (Å²) < 4.78 is 25.4. The molecule has 0 spiro atoms. The predicted octanol–water partition coefficient (Wildman–Crippen LogP) is 2.55. The molecule has 2 N–H and O–H groups in total. The molecule has 1 heterocycles. The lowest BCUT2D eigenvalue weighted by atomic mass is 10.1. The van der Waals surface area contributed by atoms with Crippen LogP contribution in [0.4, 0.5) is 8.78 Å². The summed E-state index contributed by atoms with van der Waals surface area (Å²) in [4.78, 5) is 3.63. The molecule has 0 aliphatic carbocycles. The van der Waals surface area contributed by atoms with E-state index in [1.54, 1.807) is 6.92 Å². The second kappa shape index (κ2) is 4.11. The summed E-state index contributed by atoms with van der Waals surface area (Å²) in [6.07, 6.45) is -1.19. The molecule has 0 aliphatic rings. The number of pyridine rings is 1. The third-order valence-electron chi connectivity index (χ3n) is 1.85. The molecule has 5 heteroatoms. The van der Waals surface area contributed by atoms with Gasteiger partial charge in [-0.3, -0.25) is 4.98 Å². The van der Waals surface area contributed by atoms with Gasteiger partial charge in [0.25, 0.3) is 6.43 Å². The quantitative estimate of drug-likeness (QED) is 0.877. The van der Waals surface area contributed by atoms with Gasteiger partial charge in [0, 0.05) is 17.2 Å². The third kappa shape index (κ3) is 2.03. The minimum atomic E-state index is -2.54. The van der Waals surface area contributed by atoms with Crippen molar-refractivity contribution < 1.29 is 8.78 Å². The van der Waals surface area contributed by atoms with E-state index in [-0.39, 0.29) is 12.2 Å². The number of aromatic nitrogens is 1. The maximum atomic E-state index is 12.4. The number of halogens is 3. The Morgan fingerprint density at radius 1 is 1.62 bits per heavy atom. The van der Waals surface area contributed by atoms with E-state index >= 15 is 0 Å². The standard InChI is InChI=1S/C8H9BrF2N2/c1-4-5(2-12)6(9)3-13-7(4)8(10)11/h3,8H,2,12H2,1H3. The Morgan fingerprint density at radius 2 is 2.23 bits per heavy atom. The Bertz CT molecular complexity index is 315. The summed E-state index contributed by atoms with van der Waals surface area (Å²) in [5.74, 6) is 0. The number of rotatable bonds is 2. The Labute approximate surface area is 83.3 Å². The van der Waals surface area contributed by atoms with E-state index in [0.29, 0.717) is 15.6 Å². The summed E-state index contributed by atoms with van der Waals surface area (Å²) in [5, 5.41) is 0. The van der Waals surface area contributed by atoms with Crippen molar-refractivity contribution in [3.05, 3.63) is 27.5 Å². The third-order valence-corrected chi connectivity index (χ3v) is 2.54. The van der Waals surface area contributed by atoms with E-state index in [1.807, 2.05) is 0 Å². The predicted molar refractivity (Wildman–Crippen MR) is 49.5 cm³/mol. The van der Waals surface area contributed by atoms with Crippen molar-refractivity contribution >= 4 is 15.9 Å². The smallest absolute Gasteiger partial charge is 0.280 e. The van der Waals surface area contributed by atoms with Crippen LogP contribution >= 0.6 is 15.9 Å². The number of alkyl halides is 2. The van der Waals surface area contributed by atoms with Crippen LogP contribution in [0.2, 0.25) is 0 Å². The van der Waals surface area contributed by atoms with E-state index in [1.165, 1.54) is 6.20 Å². The Hall–Kier alpha value is -0.550. The summed E-state index contributed by atoms with van der Waals surface area (Å²) >= 11 is 3.20. The van der Waals surface area contributed by atoms with Gasteiger partial charge in [0.1, 0.15) is 5.69 Å². The summed E-state index contributed by atoms with van der Waals surface area (Å²) in [7, 11) is 0. The molecule has 0 aliphatic heterocycles. The largest absolute Gasteiger partial charge is 0.326 e. The van der Waals surface area contributed by atoms with Crippen molar-refractivity contribution in [2.24, 2.45) is 5.73 Å². The van der Waals surface area contributed by atoms with Crippen molar-refractivity contribution in [1.82, 2.24) is 4.98 Å². The highest BCUT2D eigenvalue weighted by molar-refractivity contribution is 9.10. The molecular weight excluding hydrogens is 242 g/mol. The van der Waals surface area contributed by atoms with Gasteiger partial charge in [-0.15, -0.1) is 0 Å². The van der Waals surface area contributed by atoms with Gasteiger partial charge in [0.15, 0.2) is 0 Å². The monoisotopic (exact) mass is 250 g/mol. The van der Waals surface area contributed by atoms with E-state index in [4.69, 9.17) is 5.73 Å². The highest BCUT2D eigenvalue weighted by Gasteiger charge is 2.15. The molecule has 0 aromatic carbocycles. The van der Waals surface area contributed by atoms with Crippen molar-refractivity contribution in [3.8, 4) is 0 Å². The molecule has 0 bridgehead atoms. The zero-order chi connectivity index (χ0) is 10.0. The molecule has 0 unspecified atom stereocenters. The van der Waals surface area contributed by atoms with Crippen LogP contribution in [0.5, 0.6) is 0 Å². The van der Waals surface area contributed by atoms with Crippen molar-refractivity contribution in [2.45, 2.75) is 19.9 Å². The molecule has 1 aromatic heterocycles. The van der Waals surface area contributed by atoms with Crippen molar-refractivity contribution in [3.63, 3.8) is 0 Å². The number of nitrogens with two attached hydrogens (primary N) is 1. The van der Waals surface area contributed by atoms with Crippen LogP contribution < -0.4 is 5.73 Å². The molecule has 2 nitrogen and oxygen atoms in total. The number of hydrogen-bond donors (Lipinski definition) is 1. The topological polar surface area (TPSA) is 38.9 Å². The van der Waals surface area contributed by atoms with E-state index in [9.17, 15) is 8.78 Å². The van der Waals surface area contributed by atoms with Gasteiger partial charge in [0.2, 0.25) is 0 Å². The van der Waals surface area contributed by atoms with Crippen LogP contribution in [-0.2, 0) is 6.54 Å². The zero-order valence-corrected chi connectivity index (χ0v) is 8.61. The molecule has 0 radical (unpaired) electrons. The van der Waals surface area contributed by atoms with Crippen LogP contribution in [0.15, 0.2) is 10.7 Å². The highest BCUT2D eigenvalue weighted by atomic mass is 79.9. The van der Waals surface area contributed by atoms with Gasteiger partial charge in [0.05, 0.1) is 0 Å². The van der Waals surface area contributed by atoms with E-state index in [2.05, 4.69) is 20.9 Å². The number of nitrogens with zero attached hydrogens (tertiary/aromatic N) is 1. The van der Waals surface area contributed by atoms with Gasteiger partial charge in [-0.2, -0.15) is 0 Å². The minimum absolute atomic E-state index is 0.191. The molecular formula is C8H9BrF2N2. The highest BCUT2D eigenvalue weighted by Crippen LogP contribution is 2.26. The van der Waals surface area contributed by atoms with E-state index in [0.717, 1.165) is 0 Å². The second-order valence-electron chi connectivity index (χ2n) is 2.60. The normalized spacial score (nSPS) is 10.9. The van der Waals surface area contributed by atoms with Gasteiger partial charge in [-0.1, -0.05) is 0 Å². The maximum Gasteiger partial charge on any atom is 0.280 e. The minimum Gasteiger partial charge on any atom is -0.326 e. The lowest BCUT2D eigenvalue weighted by Gasteiger charge is -2.09. The maximum absolute atomic E-state index is 12.4. The second-order valence-corrected chi connectivity index (χ2v) is 3.45. The fraction of sp³-hybridized carbons (Fsp3) is 0.375.